The van der Waals surface area contributed by atoms with E-state index >= 15 is 0 Å². The van der Waals surface area contributed by atoms with Crippen molar-refractivity contribution in [3.05, 3.63) is 36.1 Å². The fourth-order valence-electron chi connectivity index (χ4n) is 1.46. The summed E-state index contributed by atoms with van der Waals surface area (Å²) in [6, 6.07) is 7.55. The van der Waals surface area contributed by atoms with E-state index in [9.17, 15) is 4.39 Å². The number of aromatic nitrogens is 1. The summed E-state index contributed by atoms with van der Waals surface area (Å²) in [6.45, 7) is 0. The number of nitrogens with one attached hydrogen (secondary N) is 1. The average molecular weight is 248 g/mol. The van der Waals surface area contributed by atoms with E-state index in [1.165, 1.54) is 19.2 Å². The van der Waals surface area contributed by atoms with Crippen LogP contribution in [0.2, 0.25) is 0 Å². The van der Waals surface area contributed by atoms with Crippen LogP contribution in [-0.2, 0) is 0 Å². The van der Waals surface area contributed by atoms with E-state index in [2.05, 4.69) is 10.3 Å². The zero-order chi connectivity index (χ0) is 13.1. The van der Waals surface area contributed by atoms with Gasteiger partial charge >= 0.3 is 0 Å². The molecule has 0 atom stereocenters. The highest BCUT2D eigenvalue weighted by molar-refractivity contribution is 5.65. The van der Waals surface area contributed by atoms with Gasteiger partial charge in [0.2, 0.25) is 0 Å². The lowest BCUT2D eigenvalue weighted by molar-refractivity contribution is 0.411. The van der Waals surface area contributed by atoms with Gasteiger partial charge in [-0.25, -0.2) is 9.37 Å². The minimum absolute atomic E-state index is 0.225. The number of nitrogen functional groups attached to an aromatic ring is 2. The van der Waals surface area contributed by atoms with Crippen molar-refractivity contribution in [3.8, 4) is 5.75 Å². The number of hydrogen-bond donors (Lipinski definition) is 3. The van der Waals surface area contributed by atoms with Crippen molar-refractivity contribution in [1.82, 2.24) is 4.98 Å². The van der Waals surface area contributed by atoms with Gasteiger partial charge < -0.3 is 21.5 Å². The topological polar surface area (TPSA) is 86.2 Å². The van der Waals surface area contributed by atoms with Crippen LogP contribution in [0.3, 0.4) is 0 Å². The van der Waals surface area contributed by atoms with E-state index in [1.807, 2.05) is 0 Å². The highest BCUT2D eigenvalue weighted by Crippen LogP contribution is 2.23. The van der Waals surface area contributed by atoms with Crippen molar-refractivity contribution in [2.45, 2.75) is 0 Å². The van der Waals surface area contributed by atoms with Crippen molar-refractivity contribution in [2.24, 2.45) is 0 Å². The Kier molecular flexibility index (Phi) is 3.18. The maximum atomic E-state index is 13.3. The van der Waals surface area contributed by atoms with E-state index in [1.54, 1.807) is 18.2 Å². The molecule has 0 aliphatic carbocycles. The lowest BCUT2D eigenvalue weighted by atomic mass is 10.3. The first-order chi connectivity index (χ1) is 8.58. The highest BCUT2D eigenvalue weighted by atomic mass is 19.1. The predicted molar refractivity (Wildman–Crippen MR) is 69.3 cm³/mol. The van der Waals surface area contributed by atoms with Crippen LogP contribution in [-0.4, -0.2) is 12.1 Å². The van der Waals surface area contributed by atoms with Crippen LogP contribution in [0.4, 0.5) is 27.4 Å². The molecular formula is C12H13FN4O. The molecule has 0 aliphatic rings. The summed E-state index contributed by atoms with van der Waals surface area (Å²) in [5.74, 6) is 0.721. The van der Waals surface area contributed by atoms with E-state index in [4.69, 9.17) is 16.2 Å². The number of hydrogen-bond acceptors (Lipinski definition) is 5. The van der Waals surface area contributed by atoms with Crippen LogP contribution in [0.5, 0.6) is 5.75 Å². The molecule has 2 aromatic rings. The third-order valence-electron chi connectivity index (χ3n) is 2.34. The third-order valence-corrected chi connectivity index (χ3v) is 2.34. The van der Waals surface area contributed by atoms with E-state index in [-0.39, 0.29) is 5.82 Å². The molecule has 18 heavy (non-hydrogen) atoms. The van der Waals surface area contributed by atoms with Crippen LogP contribution < -0.4 is 21.5 Å². The number of methoxy groups -OCH3 is 1. The summed E-state index contributed by atoms with van der Waals surface area (Å²) in [7, 11) is 1.47. The molecule has 0 fully saturated rings. The molecule has 0 saturated heterocycles. The second-order valence-electron chi connectivity index (χ2n) is 3.68. The normalized spacial score (nSPS) is 10.1. The monoisotopic (exact) mass is 248 g/mol. The van der Waals surface area contributed by atoms with Gasteiger partial charge in [0.05, 0.1) is 12.8 Å². The Bertz CT molecular complexity index is 574. The Hall–Kier alpha value is -2.50. The Morgan fingerprint density at radius 2 is 2.00 bits per heavy atom. The van der Waals surface area contributed by atoms with Crippen molar-refractivity contribution >= 4 is 23.0 Å². The molecule has 6 heteroatoms. The van der Waals surface area contributed by atoms with Gasteiger partial charge in [0.15, 0.2) is 0 Å². The Morgan fingerprint density at radius 1 is 1.22 bits per heavy atom. The fraction of sp³-hybridized carbons (Fsp3) is 0.0833. The fourth-order valence-corrected chi connectivity index (χ4v) is 1.46. The SMILES string of the molecule is COc1cc(F)cc(Nc2ccc(N)c(N)n2)c1. The summed E-state index contributed by atoms with van der Waals surface area (Å²) >= 11 is 0. The van der Waals surface area contributed by atoms with Crippen molar-refractivity contribution in [2.75, 3.05) is 23.9 Å². The number of benzene rings is 1. The second-order valence-corrected chi connectivity index (χ2v) is 3.68. The zero-order valence-electron chi connectivity index (χ0n) is 9.77. The molecule has 5 N–H and O–H groups in total. The smallest absolute Gasteiger partial charge is 0.149 e. The molecule has 0 spiro atoms. The Balaban J connectivity index is 2.27. The number of halogens is 1. The largest absolute Gasteiger partial charge is 0.497 e. The lowest BCUT2D eigenvalue weighted by Gasteiger charge is -2.09. The van der Waals surface area contributed by atoms with Gasteiger partial charge in [-0.2, -0.15) is 0 Å². The van der Waals surface area contributed by atoms with E-state index in [0.29, 0.717) is 22.9 Å². The quantitative estimate of drug-likeness (QED) is 0.774. The number of pyridine rings is 1. The first kappa shape index (κ1) is 12.0. The van der Waals surface area contributed by atoms with Crippen molar-refractivity contribution in [3.63, 3.8) is 0 Å². The summed E-state index contributed by atoms with van der Waals surface area (Å²) in [4.78, 5) is 4.03. The Morgan fingerprint density at radius 3 is 2.67 bits per heavy atom. The van der Waals surface area contributed by atoms with Gasteiger partial charge in [-0.05, 0) is 18.2 Å². The summed E-state index contributed by atoms with van der Waals surface area (Å²) in [6.07, 6.45) is 0. The van der Waals surface area contributed by atoms with Gasteiger partial charge in [-0.15, -0.1) is 0 Å². The molecule has 0 unspecified atom stereocenters. The maximum Gasteiger partial charge on any atom is 0.149 e. The molecule has 0 amide bonds. The van der Waals surface area contributed by atoms with E-state index in [0.717, 1.165) is 0 Å². The molecule has 94 valence electrons. The molecule has 0 bridgehead atoms. The average Bonchev–Trinajstić information content (AvgIpc) is 2.33. The molecule has 2 rings (SSSR count). The van der Waals surface area contributed by atoms with Gasteiger partial charge in [0, 0.05) is 17.8 Å². The lowest BCUT2D eigenvalue weighted by Crippen LogP contribution is -2.01. The molecule has 1 aromatic heterocycles. The van der Waals surface area contributed by atoms with Gasteiger partial charge in [0.1, 0.15) is 23.2 Å². The van der Waals surface area contributed by atoms with Crippen LogP contribution >= 0.6 is 0 Å². The predicted octanol–water partition coefficient (Wildman–Crippen LogP) is 2.14. The summed E-state index contributed by atoms with van der Waals surface area (Å²) in [5, 5.41) is 2.92. The summed E-state index contributed by atoms with van der Waals surface area (Å²) < 4.78 is 18.2. The molecular weight excluding hydrogens is 235 g/mol. The van der Waals surface area contributed by atoms with Gasteiger partial charge in [0.25, 0.3) is 0 Å². The number of nitrogens with two attached hydrogens (primary N) is 2. The first-order valence-electron chi connectivity index (χ1n) is 5.22. The minimum Gasteiger partial charge on any atom is -0.497 e. The number of anilines is 4. The highest BCUT2D eigenvalue weighted by Gasteiger charge is 2.03. The Labute approximate surface area is 104 Å². The minimum atomic E-state index is -0.403. The van der Waals surface area contributed by atoms with Crippen molar-refractivity contribution < 1.29 is 9.13 Å². The van der Waals surface area contributed by atoms with Crippen LogP contribution in [0.15, 0.2) is 30.3 Å². The molecule has 1 heterocycles. The van der Waals surface area contributed by atoms with Crippen LogP contribution in [0.1, 0.15) is 0 Å². The third kappa shape index (κ3) is 2.60. The standard InChI is InChI=1S/C12H13FN4O/c1-18-9-5-7(13)4-8(6-9)16-11-3-2-10(14)12(15)17-11/h2-6H,14H2,1H3,(H3,15,16,17). The van der Waals surface area contributed by atoms with Crippen LogP contribution in [0, 0.1) is 5.82 Å². The molecule has 5 nitrogen and oxygen atoms in total. The van der Waals surface area contributed by atoms with Gasteiger partial charge in [-0.1, -0.05) is 0 Å². The first-order valence-corrected chi connectivity index (χ1v) is 5.22. The number of rotatable bonds is 3. The number of ether oxygens (including phenoxy) is 1. The molecule has 0 saturated carbocycles. The summed E-state index contributed by atoms with van der Waals surface area (Å²) in [5.41, 5.74) is 12.1. The second kappa shape index (κ2) is 4.79. The molecule has 0 radical (unpaired) electrons. The maximum absolute atomic E-state index is 13.3. The van der Waals surface area contributed by atoms with Gasteiger partial charge in [-0.3, -0.25) is 0 Å². The zero-order valence-corrected chi connectivity index (χ0v) is 9.77. The van der Waals surface area contributed by atoms with Crippen molar-refractivity contribution in [1.29, 1.82) is 0 Å². The molecule has 0 aliphatic heterocycles. The molecule has 1 aromatic carbocycles. The van der Waals surface area contributed by atoms with Crippen LogP contribution in [0.25, 0.3) is 0 Å². The van der Waals surface area contributed by atoms with E-state index < -0.39 is 5.82 Å². The number of nitrogens with zero attached hydrogens (tertiary/aromatic N) is 1.